The van der Waals surface area contributed by atoms with Crippen molar-refractivity contribution in [3.8, 4) is 0 Å². The fourth-order valence-electron chi connectivity index (χ4n) is 3.79. The van der Waals surface area contributed by atoms with Crippen molar-refractivity contribution in [3.05, 3.63) is 35.7 Å². The first-order chi connectivity index (χ1) is 11.6. The molecule has 1 saturated heterocycles. The molecular weight excluding hydrogens is 302 g/mol. The highest BCUT2D eigenvalue weighted by atomic mass is 16.2. The van der Waals surface area contributed by atoms with Gasteiger partial charge in [0, 0.05) is 31.0 Å². The molecule has 2 aliphatic rings. The van der Waals surface area contributed by atoms with Crippen LogP contribution in [-0.4, -0.2) is 43.2 Å². The molecule has 0 aromatic carbocycles. The van der Waals surface area contributed by atoms with Gasteiger partial charge in [0.2, 0.25) is 0 Å². The smallest absolute Gasteiger partial charge is 0.255 e. The summed E-state index contributed by atoms with van der Waals surface area (Å²) in [5.41, 5.74) is 3.19. The first-order valence-corrected chi connectivity index (χ1v) is 8.93. The SMILES string of the molecule is Cc1cc(C(=O)N2CCCC(n3cncn3)C2)c(C)n1CC1CC1. The quantitative estimate of drug-likeness (QED) is 0.867. The van der Waals surface area contributed by atoms with Crippen LogP contribution in [0.3, 0.4) is 0 Å². The molecule has 24 heavy (non-hydrogen) atoms. The van der Waals surface area contributed by atoms with Crippen LogP contribution in [-0.2, 0) is 6.54 Å². The molecule has 3 heterocycles. The summed E-state index contributed by atoms with van der Waals surface area (Å²) in [5, 5.41) is 4.25. The first-order valence-electron chi connectivity index (χ1n) is 8.93. The van der Waals surface area contributed by atoms with E-state index in [0.717, 1.165) is 43.1 Å². The Morgan fingerprint density at radius 2 is 2.12 bits per heavy atom. The third-order valence-electron chi connectivity index (χ3n) is 5.44. The number of nitrogens with zero attached hydrogens (tertiary/aromatic N) is 5. The maximum Gasteiger partial charge on any atom is 0.255 e. The van der Waals surface area contributed by atoms with Crippen LogP contribution in [0.5, 0.6) is 0 Å². The van der Waals surface area contributed by atoms with Gasteiger partial charge >= 0.3 is 0 Å². The third kappa shape index (κ3) is 2.85. The predicted molar refractivity (Wildman–Crippen MR) is 90.8 cm³/mol. The molecule has 1 amide bonds. The van der Waals surface area contributed by atoms with Gasteiger partial charge in [-0.25, -0.2) is 9.67 Å². The lowest BCUT2D eigenvalue weighted by Crippen LogP contribution is -2.41. The van der Waals surface area contributed by atoms with E-state index in [2.05, 4.69) is 34.6 Å². The fraction of sp³-hybridized carbons (Fsp3) is 0.611. The van der Waals surface area contributed by atoms with Gasteiger partial charge in [-0.15, -0.1) is 0 Å². The molecule has 1 unspecified atom stereocenters. The van der Waals surface area contributed by atoms with E-state index in [1.54, 1.807) is 12.7 Å². The van der Waals surface area contributed by atoms with Crippen molar-refractivity contribution < 1.29 is 4.79 Å². The zero-order chi connectivity index (χ0) is 16.7. The van der Waals surface area contributed by atoms with Gasteiger partial charge < -0.3 is 9.47 Å². The Labute approximate surface area is 142 Å². The molecule has 0 spiro atoms. The number of carbonyl (C=O) groups excluding carboxylic acids is 1. The topological polar surface area (TPSA) is 56.0 Å². The first kappa shape index (κ1) is 15.4. The van der Waals surface area contributed by atoms with Crippen LogP contribution in [0.1, 0.15) is 53.5 Å². The Kier molecular flexibility index (Phi) is 3.90. The minimum Gasteiger partial charge on any atom is -0.348 e. The fourth-order valence-corrected chi connectivity index (χ4v) is 3.79. The number of aromatic nitrogens is 4. The standard InChI is InChI=1S/C18H25N5O/c1-13-8-17(14(2)22(13)9-15-5-6-15)18(24)21-7-3-4-16(10-21)23-12-19-11-20-23/h8,11-12,15-16H,3-7,9-10H2,1-2H3. The van der Waals surface area contributed by atoms with Crippen molar-refractivity contribution in [1.82, 2.24) is 24.2 Å². The number of piperidine rings is 1. The van der Waals surface area contributed by atoms with E-state index < -0.39 is 0 Å². The molecule has 1 aliphatic carbocycles. The van der Waals surface area contributed by atoms with Crippen LogP contribution in [0.15, 0.2) is 18.7 Å². The van der Waals surface area contributed by atoms with E-state index in [1.165, 1.54) is 18.5 Å². The van der Waals surface area contributed by atoms with Gasteiger partial charge in [0.15, 0.2) is 0 Å². The molecule has 2 aromatic rings. The van der Waals surface area contributed by atoms with Crippen molar-refractivity contribution in [2.75, 3.05) is 13.1 Å². The van der Waals surface area contributed by atoms with Gasteiger partial charge in [-0.2, -0.15) is 5.10 Å². The maximum atomic E-state index is 13.1. The zero-order valence-corrected chi connectivity index (χ0v) is 14.5. The lowest BCUT2D eigenvalue weighted by atomic mass is 10.0. The van der Waals surface area contributed by atoms with Crippen LogP contribution in [0.25, 0.3) is 0 Å². The number of hydrogen-bond acceptors (Lipinski definition) is 3. The summed E-state index contributed by atoms with van der Waals surface area (Å²) in [4.78, 5) is 19.1. The summed E-state index contributed by atoms with van der Waals surface area (Å²) in [6, 6.07) is 2.30. The lowest BCUT2D eigenvalue weighted by molar-refractivity contribution is 0.0672. The highest BCUT2D eigenvalue weighted by Crippen LogP contribution is 2.32. The summed E-state index contributed by atoms with van der Waals surface area (Å²) in [6.07, 6.45) is 8.02. The molecule has 0 N–H and O–H groups in total. The Balaban J connectivity index is 1.52. The van der Waals surface area contributed by atoms with Crippen LogP contribution in [0, 0.1) is 19.8 Å². The molecule has 2 fully saturated rings. The minimum atomic E-state index is 0.162. The van der Waals surface area contributed by atoms with E-state index >= 15 is 0 Å². The number of carbonyl (C=O) groups is 1. The van der Waals surface area contributed by atoms with E-state index in [1.807, 2.05) is 9.58 Å². The summed E-state index contributed by atoms with van der Waals surface area (Å²) in [5.74, 6) is 0.972. The summed E-state index contributed by atoms with van der Waals surface area (Å²) < 4.78 is 4.21. The summed E-state index contributed by atoms with van der Waals surface area (Å²) >= 11 is 0. The molecule has 128 valence electrons. The Morgan fingerprint density at radius 1 is 1.29 bits per heavy atom. The van der Waals surface area contributed by atoms with E-state index in [0.29, 0.717) is 6.54 Å². The molecule has 6 heteroatoms. The third-order valence-corrected chi connectivity index (χ3v) is 5.44. The van der Waals surface area contributed by atoms with Gasteiger partial charge in [0.25, 0.3) is 5.91 Å². The second-order valence-electron chi connectivity index (χ2n) is 7.26. The van der Waals surface area contributed by atoms with Gasteiger partial charge in [-0.05, 0) is 51.5 Å². The Morgan fingerprint density at radius 3 is 2.83 bits per heavy atom. The van der Waals surface area contributed by atoms with E-state index in [-0.39, 0.29) is 11.9 Å². The van der Waals surface area contributed by atoms with Crippen LogP contribution < -0.4 is 0 Å². The van der Waals surface area contributed by atoms with Crippen molar-refractivity contribution in [2.24, 2.45) is 5.92 Å². The molecule has 6 nitrogen and oxygen atoms in total. The molecule has 0 radical (unpaired) electrons. The van der Waals surface area contributed by atoms with Gasteiger partial charge in [-0.1, -0.05) is 0 Å². The molecule has 1 saturated carbocycles. The highest BCUT2D eigenvalue weighted by molar-refractivity contribution is 5.95. The summed E-state index contributed by atoms with van der Waals surface area (Å²) in [7, 11) is 0. The van der Waals surface area contributed by atoms with Crippen LogP contribution >= 0.6 is 0 Å². The van der Waals surface area contributed by atoms with Crippen LogP contribution in [0.4, 0.5) is 0 Å². The highest BCUT2D eigenvalue weighted by Gasteiger charge is 2.29. The van der Waals surface area contributed by atoms with E-state index in [9.17, 15) is 4.79 Å². The minimum absolute atomic E-state index is 0.162. The van der Waals surface area contributed by atoms with Gasteiger partial charge in [-0.3, -0.25) is 4.79 Å². The van der Waals surface area contributed by atoms with Crippen LogP contribution in [0.2, 0.25) is 0 Å². The molecule has 4 rings (SSSR count). The van der Waals surface area contributed by atoms with Crippen molar-refractivity contribution in [2.45, 2.75) is 52.1 Å². The maximum absolute atomic E-state index is 13.1. The number of aryl methyl sites for hydroxylation is 1. The number of rotatable bonds is 4. The summed E-state index contributed by atoms with van der Waals surface area (Å²) in [6.45, 7) is 6.80. The predicted octanol–water partition coefficient (Wildman–Crippen LogP) is 2.58. The zero-order valence-electron chi connectivity index (χ0n) is 14.5. The normalized spacial score (nSPS) is 21.2. The lowest BCUT2D eigenvalue weighted by Gasteiger charge is -2.32. The van der Waals surface area contributed by atoms with Gasteiger partial charge in [0.1, 0.15) is 12.7 Å². The number of amides is 1. The molecule has 1 aliphatic heterocycles. The molecule has 0 bridgehead atoms. The van der Waals surface area contributed by atoms with Gasteiger partial charge in [0.05, 0.1) is 11.6 Å². The average Bonchev–Trinajstić information content (AvgIpc) is 3.16. The molecule has 1 atom stereocenters. The van der Waals surface area contributed by atoms with E-state index in [4.69, 9.17) is 0 Å². The Bertz CT molecular complexity index is 729. The average molecular weight is 327 g/mol. The second-order valence-corrected chi connectivity index (χ2v) is 7.26. The van der Waals surface area contributed by atoms with Crippen molar-refractivity contribution in [3.63, 3.8) is 0 Å². The number of hydrogen-bond donors (Lipinski definition) is 0. The molecular formula is C18H25N5O. The largest absolute Gasteiger partial charge is 0.348 e. The number of likely N-dealkylation sites (tertiary alicyclic amines) is 1. The van der Waals surface area contributed by atoms with Crippen molar-refractivity contribution >= 4 is 5.91 Å². The second kappa shape index (κ2) is 6.07. The molecule has 2 aromatic heterocycles. The Hall–Kier alpha value is -2.11. The monoisotopic (exact) mass is 327 g/mol. The van der Waals surface area contributed by atoms with Crippen molar-refractivity contribution in [1.29, 1.82) is 0 Å².